The van der Waals surface area contributed by atoms with Crippen LogP contribution in [0.15, 0.2) is 24.3 Å². The molecule has 1 heterocycles. The first-order valence-electron chi connectivity index (χ1n) is 5.86. The Bertz CT molecular complexity index is 654. The molecule has 3 nitrogen and oxygen atoms in total. The van der Waals surface area contributed by atoms with Gasteiger partial charge in [-0.3, -0.25) is 0 Å². The van der Waals surface area contributed by atoms with E-state index in [1.54, 1.807) is 0 Å². The second kappa shape index (κ2) is 6.54. The molecule has 0 amide bonds. The topological polar surface area (TPSA) is 34.2 Å². The fourth-order valence-electron chi connectivity index (χ4n) is 1.66. The zero-order valence-corrected chi connectivity index (χ0v) is 10.7. The highest BCUT2D eigenvalue weighted by molar-refractivity contribution is 5.46. The predicted molar refractivity (Wildman–Crippen MR) is 64.5 cm³/mol. The lowest BCUT2D eigenvalue weighted by atomic mass is 10.2. The SMILES string of the molecule is Fc1nc(F)c(F)c(NCc2cccc(OC(F)F)c2)c1F. The van der Waals surface area contributed by atoms with Crippen molar-refractivity contribution in [3.8, 4) is 5.75 Å². The number of nitrogens with one attached hydrogen (secondary N) is 1. The number of anilines is 1. The van der Waals surface area contributed by atoms with Crippen LogP contribution in [0.2, 0.25) is 0 Å². The third-order valence-corrected chi connectivity index (χ3v) is 2.59. The van der Waals surface area contributed by atoms with Crippen LogP contribution in [-0.2, 0) is 6.54 Å². The summed E-state index contributed by atoms with van der Waals surface area (Å²) in [6, 6.07) is 5.25. The molecule has 1 N–H and O–H groups in total. The first-order chi connectivity index (χ1) is 10.4. The Kier molecular flexibility index (Phi) is 4.74. The number of hydrogen-bond donors (Lipinski definition) is 1. The van der Waals surface area contributed by atoms with E-state index in [4.69, 9.17) is 0 Å². The van der Waals surface area contributed by atoms with Crippen LogP contribution in [0.5, 0.6) is 5.75 Å². The number of rotatable bonds is 5. The second-order valence-electron chi connectivity index (χ2n) is 4.08. The van der Waals surface area contributed by atoms with Crippen molar-refractivity contribution >= 4 is 5.69 Å². The standard InChI is InChI=1S/C13H8F6N2O/c14-8-10(9(15)12(17)21-11(8)16)20-5-6-2-1-3-7(4-6)22-13(18)19/h1-4,13H,5H2,(H,20,21). The van der Waals surface area contributed by atoms with Gasteiger partial charge >= 0.3 is 6.61 Å². The molecule has 2 aromatic rings. The van der Waals surface area contributed by atoms with E-state index in [9.17, 15) is 26.3 Å². The summed E-state index contributed by atoms with van der Waals surface area (Å²) in [6.45, 7) is -3.31. The summed E-state index contributed by atoms with van der Waals surface area (Å²) in [5.41, 5.74) is -0.736. The van der Waals surface area contributed by atoms with Crippen molar-refractivity contribution in [3.05, 3.63) is 53.4 Å². The Morgan fingerprint density at radius 1 is 1.05 bits per heavy atom. The first kappa shape index (κ1) is 15.9. The molecule has 0 bridgehead atoms. The van der Waals surface area contributed by atoms with Crippen molar-refractivity contribution in [2.45, 2.75) is 13.2 Å². The van der Waals surface area contributed by atoms with Crippen LogP contribution in [-0.4, -0.2) is 11.6 Å². The highest BCUT2D eigenvalue weighted by atomic mass is 19.3. The molecule has 0 atom stereocenters. The van der Waals surface area contributed by atoms with Crippen LogP contribution in [0.3, 0.4) is 0 Å². The number of alkyl halides is 2. The number of benzene rings is 1. The quantitative estimate of drug-likeness (QED) is 0.671. The van der Waals surface area contributed by atoms with Crippen molar-refractivity contribution in [3.63, 3.8) is 0 Å². The Morgan fingerprint density at radius 2 is 1.68 bits per heavy atom. The summed E-state index contributed by atoms with van der Waals surface area (Å²) in [6.07, 6.45) is 0. The largest absolute Gasteiger partial charge is 0.435 e. The van der Waals surface area contributed by atoms with Gasteiger partial charge in [-0.2, -0.15) is 31.3 Å². The van der Waals surface area contributed by atoms with Crippen molar-refractivity contribution < 1.29 is 31.1 Å². The smallest absolute Gasteiger partial charge is 0.387 e. The molecule has 0 aliphatic heterocycles. The number of nitrogens with zero attached hydrogens (tertiary/aromatic N) is 1. The predicted octanol–water partition coefficient (Wildman–Crippen LogP) is 3.85. The molecule has 2 rings (SSSR count). The minimum atomic E-state index is -3.03. The molecule has 0 spiro atoms. The fourth-order valence-corrected chi connectivity index (χ4v) is 1.66. The maximum absolute atomic E-state index is 13.4. The molecule has 1 aromatic heterocycles. The van der Waals surface area contributed by atoms with E-state index in [1.807, 2.05) is 0 Å². The van der Waals surface area contributed by atoms with Gasteiger partial charge in [0.05, 0.1) is 0 Å². The molecule has 0 fully saturated rings. The number of pyridine rings is 1. The highest BCUT2D eigenvalue weighted by Crippen LogP contribution is 2.23. The molecule has 0 unspecified atom stereocenters. The van der Waals surface area contributed by atoms with Gasteiger partial charge in [-0.1, -0.05) is 12.1 Å². The molecule has 22 heavy (non-hydrogen) atoms. The molecular formula is C13H8F6N2O. The lowest BCUT2D eigenvalue weighted by Gasteiger charge is -2.10. The van der Waals surface area contributed by atoms with E-state index in [1.165, 1.54) is 24.3 Å². The van der Waals surface area contributed by atoms with Gasteiger partial charge in [0.15, 0.2) is 0 Å². The van der Waals surface area contributed by atoms with Crippen molar-refractivity contribution in [1.82, 2.24) is 4.98 Å². The van der Waals surface area contributed by atoms with Crippen molar-refractivity contribution in [1.29, 1.82) is 0 Å². The van der Waals surface area contributed by atoms with Gasteiger partial charge in [-0.15, -0.1) is 0 Å². The number of ether oxygens (including phenoxy) is 1. The van der Waals surface area contributed by atoms with Gasteiger partial charge in [0, 0.05) is 6.54 Å². The molecule has 0 saturated heterocycles. The molecular weight excluding hydrogens is 314 g/mol. The lowest BCUT2D eigenvalue weighted by Crippen LogP contribution is -2.09. The molecule has 118 valence electrons. The van der Waals surface area contributed by atoms with E-state index in [0.717, 1.165) is 0 Å². The number of aromatic nitrogens is 1. The fraction of sp³-hybridized carbons (Fsp3) is 0.154. The Balaban J connectivity index is 2.17. The summed E-state index contributed by atoms with van der Waals surface area (Å²) in [5.74, 6) is -7.12. The minimum absolute atomic E-state index is 0.165. The van der Waals surface area contributed by atoms with Gasteiger partial charge in [0.2, 0.25) is 11.6 Å². The Hall–Kier alpha value is -2.45. The maximum atomic E-state index is 13.4. The summed E-state index contributed by atoms with van der Waals surface area (Å²) in [7, 11) is 0. The van der Waals surface area contributed by atoms with Crippen LogP contribution in [0.4, 0.5) is 32.0 Å². The van der Waals surface area contributed by atoms with Crippen molar-refractivity contribution in [2.24, 2.45) is 0 Å². The Labute approximate surface area is 120 Å². The van der Waals surface area contributed by atoms with E-state index in [2.05, 4.69) is 15.0 Å². The third kappa shape index (κ3) is 3.60. The van der Waals surface area contributed by atoms with Crippen LogP contribution in [0.25, 0.3) is 0 Å². The van der Waals surface area contributed by atoms with Crippen LogP contribution in [0.1, 0.15) is 5.56 Å². The van der Waals surface area contributed by atoms with Gasteiger partial charge in [0.1, 0.15) is 11.4 Å². The number of hydrogen-bond acceptors (Lipinski definition) is 3. The molecule has 0 aliphatic carbocycles. The molecule has 1 aromatic carbocycles. The van der Waals surface area contributed by atoms with Gasteiger partial charge < -0.3 is 10.1 Å². The molecule has 9 heteroatoms. The zero-order valence-electron chi connectivity index (χ0n) is 10.7. The summed E-state index contributed by atoms with van der Waals surface area (Å²) in [4.78, 5) is 2.41. The minimum Gasteiger partial charge on any atom is -0.435 e. The average molecular weight is 322 g/mol. The third-order valence-electron chi connectivity index (χ3n) is 2.59. The summed E-state index contributed by atoms with van der Waals surface area (Å²) >= 11 is 0. The highest BCUT2D eigenvalue weighted by Gasteiger charge is 2.20. The lowest BCUT2D eigenvalue weighted by molar-refractivity contribution is -0.0498. The van der Waals surface area contributed by atoms with E-state index < -0.39 is 35.8 Å². The first-order valence-corrected chi connectivity index (χ1v) is 5.86. The zero-order chi connectivity index (χ0) is 16.3. The molecule has 0 saturated carbocycles. The Morgan fingerprint density at radius 3 is 2.27 bits per heavy atom. The van der Waals surface area contributed by atoms with Crippen molar-refractivity contribution in [2.75, 3.05) is 5.32 Å². The van der Waals surface area contributed by atoms with E-state index >= 15 is 0 Å². The van der Waals surface area contributed by atoms with Crippen LogP contribution >= 0.6 is 0 Å². The van der Waals surface area contributed by atoms with Gasteiger partial charge in [0.25, 0.3) is 11.9 Å². The summed E-state index contributed by atoms with van der Waals surface area (Å²) in [5, 5.41) is 2.15. The van der Waals surface area contributed by atoms with E-state index in [0.29, 0.717) is 5.56 Å². The van der Waals surface area contributed by atoms with Crippen LogP contribution in [0, 0.1) is 23.5 Å². The average Bonchev–Trinajstić information content (AvgIpc) is 2.45. The molecule has 0 radical (unpaired) electrons. The second-order valence-corrected chi connectivity index (χ2v) is 4.08. The number of halogens is 6. The van der Waals surface area contributed by atoms with Gasteiger partial charge in [-0.25, -0.2) is 0 Å². The normalized spacial score (nSPS) is 10.9. The maximum Gasteiger partial charge on any atom is 0.387 e. The monoisotopic (exact) mass is 322 g/mol. The van der Waals surface area contributed by atoms with E-state index in [-0.39, 0.29) is 12.3 Å². The van der Waals surface area contributed by atoms with Crippen LogP contribution < -0.4 is 10.1 Å². The summed E-state index contributed by atoms with van der Waals surface area (Å²) < 4.78 is 80.9. The van der Waals surface area contributed by atoms with Gasteiger partial charge in [-0.05, 0) is 17.7 Å². The molecule has 0 aliphatic rings.